The van der Waals surface area contributed by atoms with E-state index in [0.717, 1.165) is 18.6 Å². The molecule has 5 atom stereocenters. The number of aryl methyl sites for hydroxylation is 1. The van der Waals surface area contributed by atoms with Crippen molar-refractivity contribution in [2.24, 2.45) is 22.4 Å². The Balaban J connectivity index is 1.62. The molecule has 2 saturated carbocycles. The van der Waals surface area contributed by atoms with Crippen LogP contribution in [0.25, 0.3) is 0 Å². The van der Waals surface area contributed by atoms with Crippen molar-refractivity contribution in [2.75, 3.05) is 7.11 Å². The molecule has 0 saturated heterocycles. The van der Waals surface area contributed by atoms with Crippen LogP contribution in [-0.4, -0.2) is 35.6 Å². The molecular weight excluding hydrogens is 418 g/mol. The molecule has 4 nitrogen and oxygen atoms in total. The first-order valence-corrected chi connectivity index (χ1v) is 18.8. The van der Waals surface area contributed by atoms with Gasteiger partial charge in [0, 0.05) is 5.41 Å². The Hall–Kier alpha value is -1.12. The van der Waals surface area contributed by atoms with Gasteiger partial charge in [-0.05, 0) is 112 Å². The predicted molar refractivity (Wildman–Crippen MR) is 133 cm³/mol. The summed E-state index contributed by atoms with van der Waals surface area (Å²) >= 11 is 0. The highest BCUT2D eigenvalue weighted by Gasteiger charge is 2.58. The normalized spacial score (nSPS) is 34.1. The van der Waals surface area contributed by atoms with Crippen LogP contribution in [-0.2, 0) is 15.7 Å². The SMILES string of the molecule is CO/N=C1/[C@H](O[Si](C)(C)C)C[C@H]2[C@@H]3CCc4cc(O[Si](C)(C)C)ccc4[C@H]3CC[C@]12C. The minimum Gasteiger partial charge on any atom is -0.544 e. The summed E-state index contributed by atoms with van der Waals surface area (Å²) < 4.78 is 12.9. The van der Waals surface area contributed by atoms with Crippen LogP contribution >= 0.6 is 0 Å². The molecule has 4 rings (SSSR count). The maximum absolute atomic E-state index is 6.65. The number of hydrogen-bond donors (Lipinski definition) is 0. The predicted octanol–water partition coefficient (Wildman–Crippen LogP) is 6.59. The number of benzene rings is 1. The lowest BCUT2D eigenvalue weighted by atomic mass is 9.55. The Kier molecular flexibility index (Phi) is 5.97. The van der Waals surface area contributed by atoms with E-state index < -0.39 is 16.6 Å². The number of hydrogen-bond acceptors (Lipinski definition) is 4. The van der Waals surface area contributed by atoms with Crippen LogP contribution < -0.4 is 4.43 Å². The zero-order valence-corrected chi connectivity index (χ0v) is 22.7. The smallest absolute Gasteiger partial charge is 0.242 e. The highest BCUT2D eigenvalue weighted by Crippen LogP contribution is 2.60. The van der Waals surface area contributed by atoms with Gasteiger partial charge in [0.15, 0.2) is 8.32 Å². The van der Waals surface area contributed by atoms with Crippen molar-refractivity contribution in [1.82, 2.24) is 0 Å². The fourth-order valence-electron chi connectivity index (χ4n) is 6.55. The molecule has 3 aliphatic rings. The largest absolute Gasteiger partial charge is 0.544 e. The number of rotatable bonds is 5. The zero-order valence-electron chi connectivity index (χ0n) is 20.7. The summed E-state index contributed by atoms with van der Waals surface area (Å²) in [6.45, 7) is 16.0. The van der Waals surface area contributed by atoms with Crippen molar-refractivity contribution in [1.29, 1.82) is 0 Å². The van der Waals surface area contributed by atoms with Gasteiger partial charge >= 0.3 is 0 Å². The molecule has 3 aliphatic carbocycles. The van der Waals surface area contributed by atoms with E-state index in [0.29, 0.717) is 17.8 Å². The maximum Gasteiger partial charge on any atom is 0.242 e. The van der Waals surface area contributed by atoms with E-state index in [1.54, 1.807) is 12.7 Å². The summed E-state index contributed by atoms with van der Waals surface area (Å²) in [4.78, 5) is 5.34. The van der Waals surface area contributed by atoms with Crippen LogP contribution in [0.1, 0.15) is 49.7 Å². The summed E-state index contributed by atoms with van der Waals surface area (Å²) in [6.07, 6.45) is 6.02. The fourth-order valence-corrected chi connectivity index (χ4v) is 8.45. The molecule has 172 valence electrons. The van der Waals surface area contributed by atoms with Crippen LogP contribution in [0.15, 0.2) is 23.4 Å². The highest BCUT2D eigenvalue weighted by atomic mass is 28.4. The van der Waals surface area contributed by atoms with Gasteiger partial charge in [0.1, 0.15) is 12.9 Å². The molecule has 31 heavy (non-hydrogen) atoms. The molecular formula is C25H41NO3Si2. The third kappa shape index (κ3) is 4.53. The second-order valence-electron chi connectivity index (χ2n) is 12.1. The Morgan fingerprint density at radius 1 is 1.03 bits per heavy atom. The third-order valence-electron chi connectivity index (χ3n) is 7.56. The van der Waals surface area contributed by atoms with Crippen LogP contribution in [0.5, 0.6) is 5.75 Å². The molecule has 0 unspecified atom stereocenters. The molecule has 0 radical (unpaired) electrons. The van der Waals surface area contributed by atoms with E-state index in [4.69, 9.17) is 13.7 Å². The average molecular weight is 460 g/mol. The molecule has 6 heteroatoms. The second-order valence-corrected chi connectivity index (χ2v) is 20.9. The van der Waals surface area contributed by atoms with E-state index in [9.17, 15) is 0 Å². The zero-order chi connectivity index (χ0) is 22.6. The van der Waals surface area contributed by atoms with Crippen LogP contribution in [0.3, 0.4) is 0 Å². The first-order valence-electron chi connectivity index (χ1n) is 12.0. The second kappa shape index (κ2) is 8.03. The number of nitrogens with zero attached hydrogens (tertiary/aromatic N) is 1. The first kappa shape index (κ1) is 23.1. The Morgan fingerprint density at radius 3 is 2.42 bits per heavy atom. The lowest BCUT2D eigenvalue weighted by Gasteiger charge is -2.48. The minimum atomic E-state index is -1.66. The molecule has 1 aromatic rings. The molecule has 0 spiro atoms. The lowest BCUT2D eigenvalue weighted by molar-refractivity contribution is 0.0856. The maximum atomic E-state index is 6.65. The summed E-state index contributed by atoms with van der Waals surface area (Å²) in [5.41, 5.74) is 4.35. The first-order chi connectivity index (χ1) is 14.4. The quantitative estimate of drug-likeness (QED) is 0.368. The highest BCUT2D eigenvalue weighted by molar-refractivity contribution is 6.70. The summed E-state index contributed by atoms with van der Waals surface area (Å²) in [5, 5.41) is 4.57. The lowest BCUT2D eigenvalue weighted by Crippen LogP contribution is -2.43. The Morgan fingerprint density at radius 2 is 1.77 bits per heavy atom. The van der Waals surface area contributed by atoms with Gasteiger partial charge in [-0.2, -0.15) is 0 Å². The number of oxime groups is 1. The standard InChI is InChI=1S/C25H41NO3Si2/c1-25-14-13-20-19-12-10-18(28-30(3,4)5)15-17(19)9-11-21(20)22(25)16-23(24(25)26-27-2)29-31(6,7)8/h10,12,15,20-23H,9,11,13-14,16H2,1-8H3/b26-24-/t20-,21-,22+,23-,25+/m1/s1. The summed E-state index contributed by atoms with van der Waals surface area (Å²) in [7, 11) is -1.57. The average Bonchev–Trinajstić information content (AvgIpc) is 2.91. The molecule has 0 bridgehead atoms. The van der Waals surface area contributed by atoms with Crippen molar-refractivity contribution in [3.8, 4) is 5.75 Å². The van der Waals surface area contributed by atoms with Gasteiger partial charge in [0.2, 0.25) is 8.32 Å². The monoisotopic (exact) mass is 459 g/mol. The van der Waals surface area contributed by atoms with E-state index in [1.807, 2.05) is 0 Å². The van der Waals surface area contributed by atoms with Crippen molar-refractivity contribution < 1.29 is 13.7 Å². The van der Waals surface area contributed by atoms with Crippen LogP contribution in [0, 0.1) is 17.3 Å². The molecule has 0 aliphatic heterocycles. The van der Waals surface area contributed by atoms with Gasteiger partial charge in [0.05, 0.1) is 11.8 Å². The fraction of sp³-hybridized carbons (Fsp3) is 0.720. The van der Waals surface area contributed by atoms with Crippen LogP contribution in [0.2, 0.25) is 39.3 Å². The van der Waals surface area contributed by atoms with Crippen molar-refractivity contribution >= 4 is 22.3 Å². The van der Waals surface area contributed by atoms with Gasteiger partial charge < -0.3 is 13.7 Å². The number of fused-ring (bicyclic) bond motifs is 5. The third-order valence-corrected chi connectivity index (χ3v) is 9.39. The van der Waals surface area contributed by atoms with Crippen molar-refractivity contribution in [3.05, 3.63) is 29.3 Å². The Labute approximate surface area is 191 Å². The van der Waals surface area contributed by atoms with Gasteiger partial charge in [-0.3, -0.25) is 0 Å². The van der Waals surface area contributed by atoms with E-state index in [2.05, 4.69) is 69.6 Å². The molecule has 2 fully saturated rings. The van der Waals surface area contributed by atoms with Crippen molar-refractivity contribution in [3.63, 3.8) is 0 Å². The van der Waals surface area contributed by atoms with Gasteiger partial charge in [-0.15, -0.1) is 0 Å². The van der Waals surface area contributed by atoms with Gasteiger partial charge in [-0.25, -0.2) is 0 Å². The minimum absolute atomic E-state index is 0.0971. The molecule has 0 amide bonds. The Bertz CT molecular complexity index is 857. The van der Waals surface area contributed by atoms with Crippen molar-refractivity contribution in [2.45, 2.75) is 90.3 Å². The van der Waals surface area contributed by atoms with E-state index in [-0.39, 0.29) is 11.5 Å². The molecule has 0 aromatic heterocycles. The molecule has 0 heterocycles. The summed E-state index contributed by atoms with van der Waals surface area (Å²) in [6, 6.07) is 6.93. The van der Waals surface area contributed by atoms with E-state index >= 15 is 0 Å². The van der Waals surface area contributed by atoms with Gasteiger partial charge in [-0.1, -0.05) is 18.1 Å². The molecule has 1 aromatic carbocycles. The molecule has 0 N–H and O–H groups in total. The summed E-state index contributed by atoms with van der Waals surface area (Å²) in [5.74, 6) is 3.04. The topological polar surface area (TPSA) is 40.0 Å². The van der Waals surface area contributed by atoms with Gasteiger partial charge in [0.25, 0.3) is 0 Å². The van der Waals surface area contributed by atoms with E-state index in [1.165, 1.54) is 30.5 Å². The van der Waals surface area contributed by atoms with Crippen LogP contribution in [0.4, 0.5) is 0 Å².